The molecule has 4 rings (SSSR count). The minimum absolute atomic E-state index is 0.254. The summed E-state index contributed by atoms with van der Waals surface area (Å²) in [6.45, 7) is 10.5. The highest BCUT2D eigenvalue weighted by Gasteiger charge is 2.23. The van der Waals surface area contributed by atoms with Crippen LogP contribution in [0.5, 0.6) is 11.5 Å². The zero-order valence-electron chi connectivity index (χ0n) is 19.8. The van der Waals surface area contributed by atoms with Crippen molar-refractivity contribution in [2.75, 3.05) is 13.1 Å². The van der Waals surface area contributed by atoms with Crippen LogP contribution in [0.25, 0.3) is 11.1 Å². The van der Waals surface area contributed by atoms with Crippen LogP contribution in [-0.4, -0.2) is 35.2 Å². The molecule has 0 spiro atoms. The standard InChI is InChI=1S/C29H38N2O2/c1-3-7-21-11-12-28(33-25-9-5-6-10-25)26(18-21)27-19-22(8-4-2)17-23(29(27)32)20-31-15-13-24(30)14-16-31/h3-4,11-12,17-19,24-25,32H,1-2,5-10,13-16,20,30H2. The monoisotopic (exact) mass is 446 g/mol. The van der Waals surface area contributed by atoms with E-state index in [1.165, 1.54) is 18.4 Å². The maximum atomic E-state index is 11.5. The number of phenolic OH excluding ortho intramolecular Hbond substituents is 1. The third kappa shape index (κ3) is 5.87. The third-order valence-electron chi connectivity index (χ3n) is 6.96. The van der Waals surface area contributed by atoms with E-state index in [2.05, 4.69) is 48.4 Å². The normalized spacial score (nSPS) is 17.8. The van der Waals surface area contributed by atoms with Crippen LogP contribution >= 0.6 is 0 Å². The number of nitrogens with zero attached hydrogens (tertiary/aromatic N) is 1. The molecule has 2 aliphatic rings. The Labute approximate surface area is 198 Å². The number of nitrogens with two attached hydrogens (primary N) is 1. The molecule has 1 aliphatic heterocycles. The van der Waals surface area contributed by atoms with Crippen LogP contribution in [0, 0.1) is 0 Å². The zero-order chi connectivity index (χ0) is 23.2. The van der Waals surface area contributed by atoms with Crippen LogP contribution in [0.15, 0.2) is 55.6 Å². The average molecular weight is 447 g/mol. The van der Waals surface area contributed by atoms with Gasteiger partial charge in [-0.05, 0) is 93.8 Å². The van der Waals surface area contributed by atoms with Gasteiger partial charge in [0.15, 0.2) is 0 Å². The van der Waals surface area contributed by atoms with E-state index in [0.29, 0.717) is 11.8 Å². The van der Waals surface area contributed by atoms with Crippen molar-refractivity contribution in [1.82, 2.24) is 4.90 Å². The fraction of sp³-hybridized carbons (Fsp3) is 0.448. The molecule has 1 heterocycles. The molecular formula is C29H38N2O2. The lowest BCUT2D eigenvalue weighted by molar-refractivity contribution is 0.203. The zero-order valence-corrected chi connectivity index (χ0v) is 19.8. The van der Waals surface area contributed by atoms with Crippen molar-refractivity contribution in [3.05, 3.63) is 72.3 Å². The Kier molecular flexibility index (Phi) is 7.89. The predicted octanol–water partition coefficient (Wildman–Crippen LogP) is 5.76. The van der Waals surface area contributed by atoms with E-state index in [1.54, 1.807) is 0 Å². The first kappa shape index (κ1) is 23.6. The Morgan fingerprint density at radius 1 is 0.939 bits per heavy atom. The smallest absolute Gasteiger partial charge is 0.128 e. The van der Waals surface area contributed by atoms with Crippen molar-refractivity contribution in [2.45, 2.75) is 70.1 Å². The molecule has 0 radical (unpaired) electrons. The minimum Gasteiger partial charge on any atom is -0.507 e. The maximum absolute atomic E-state index is 11.5. The largest absolute Gasteiger partial charge is 0.507 e. The lowest BCUT2D eigenvalue weighted by atomic mass is 9.94. The minimum atomic E-state index is 0.254. The molecule has 1 saturated carbocycles. The van der Waals surface area contributed by atoms with E-state index in [4.69, 9.17) is 10.5 Å². The van der Waals surface area contributed by atoms with Crippen molar-refractivity contribution >= 4 is 0 Å². The highest BCUT2D eigenvalue weighted by atomic mass is 16.5. The second-order valence-corrected chi connectivity index (χ2v) is 9.61. The number of ether oxygens (including phenoxy) is 1. The molecular weight excluding hydrogens is 408 g/mol. The molecule has 4 heteroatoms. The molecule has 2 aromatic carbocycles. The van der Waals surface area contributed by atoms with Crippen LogP contribution in [0.3, 0.4) is 0 Å². The van der Waals surface area contributed by atoms with Gasteiger partial charge in [-0.1, -0.05) is 24.3 Å². The van der Waals surface area contributed by atoms with E-state index >= 15 is 0 Å². The highest BCUT2D eigenvalue weighted by Crippen LogP contribution is 2.41. The van der Waals surface area contributed by atoms with Gasteiger partial charge in [-0.2, -0.15) is 0 Å². The van der Waals surface area contributed by atoms with Gasteiger partial charge in [0.25, 0.3) is 0 Å². The first-order valence-electron chi connectivity index (χ1n) is 12.4. The molecule has 1 saturated heterocycles. The second kappa shape index (κ2) is 11.0. The molecule has 2 aromatic rings. The number of allylic oxidation sites excluding steroid dienone is 2. The van der Waals surface area contributed by atoms with Gasteiger partial charge < -0.3 is 15.6 Å². The molecule has 4 nitrogen and oxygen atoms in total. The van der Waals surface area contributed by atoms with E-state index in [0.717, 1.165) is 86.2 Å². The molecule has 176 valence electrons. The molecule has 0 atom stereocenters. The second-order valence-electron chi connectivity index (χ2n) is 9.61. The first-order valence-corrected chi connectivity index (χ1v) is 12.4. The molecule has 0 unspecified atom stereocenters. The number of benzene rings is 2. The lowest BCUT2D eigenvalue weighted by Gasteiger charge is -2.30. The Morgan fingerprint density at radius 3 is 2.30 bits per heavy atom. The van der Waals surface area contributed by atoms with E-state index < -0.39 is 0 Å². The third-order valence-corrected chi connectivity index (χ3v) is 6.96. The van der Waals surface area contributed by atoms with Gasteiger partial charge in [0.1, 0.15) is 11.5 Å². The molecule has 33 heavy (non-hydrogen) atoms. The number of hydrogen-bond donors (Lipinski definition) is 2. The number of likely N-dealkylation sites (tertiary alicyclic amines) is 1. The molecule has 0 amide bonds. The summed E-state index contributed by atoms with van der Waals surface area (Å²) in [5.41, 5.74) is 11.2. The van der Waals surface area contributed by atoms with Crippen LogP contribution in [0.1, 0.15) is 55.2 Å². The average Bonchev–Trinajstić information content (AvgIpc) is 3.32. The Bertz CT molecular complexity index is 970. The summed E-state index contributed by atoms with van der Waals surface area (Å²) in [7, 11) is 0. The summed E-state index contributed by atoms with van der Waals surface area (Å²) in [6.07, 6.45) is 12.3. The Morgan fingerprint density at radius 2 is 1.61 bits per heavy atom. The molecule has 2 fully saturated rings. The maximum Gasteiger partial charge on any atom is 0.128 e. The summed E-state index contributed by atoms with van der Waals surface area (Å²) in [5, 5.41) is 11.5. The fourth-order valence-corrected chi connectivity index (χ4v) is 5.09. The predicted molar refractivity (Wildman–Crippen MR) is 137 cm³/mol. The molecule has 3 N–H and O–H groups in total. The van der Waals surface area contributed by atoms with Crippen molar-refractivity contribution in [3.63, 3.8) is 0 Å². The number of piperidine rings is 1. The summed E-state index contributed by atoms with van der Waals surface area (Å²) in [6, 6.07) is 10.8. The van der Waals surface area contributed by atoms with Crippen molar-refractivity contribution in [2.24, 2.45) is 5.73 Å². The van der Waals surface area contributed by atoms with Crippen molar-refractivity contribution in [1.29, 1.82) is 0 Å². The number of rotatable bonds is 9. The lowest BCUT2D eigenvalue weighted by Crippen LogP contribution is -2.39. The molecule has 0 bridgehead atoms. The topological polar surface area (TPSA) is 58.7 Å². The Hall–Kier alpha value is -2.56. The van der Waals surface area contributed by atoms with E-state index in [9.17, 15) is 5.11 Å². The number of hydrogen-bond acceptors (Lipinski definition) is 4. The van der Waals surface area contributed by atoms with Gasteiger partial charge >= 0.3 is 0 Å². The fourth-order valence-electron chi connectivity index (χ4n) is 5.09. The van der Waals surface area contributed by atoms with Gasteiger partial charge in [0.2, 0.25) is 0 Å². The molecule has 0 aromatic heterocycles. The van der Waals surface area contributed by atoms with Crippen LogP contribution in [-0.2, 0) is 19.4 Å². The van der Waals surface area contributed by atoms with Gasteiger partial charge in [-0.25, -0.2) is 0 Å². The highest BCUT2D eigenvalue weighted by molar-refractivity contribution is 5.78. The summed E-state index contributed by atoms with van der Waals surface area (Å²) >= 11 is 0. The first-order chi connectivity index (χ1) is 16.1. The van der Waals surface area contributed by atoms with E-state index in [-0.39, 0.29) is 6.10 Å². The summed E-state index contributed by atoms with van der Waals surface area (Å²) < 4.78 is 6.47. The number of aromatic hydroxyl groups is 1. The number of phenols is 1. The van der Waals surface area contributed by atoms with Crippen molar-refractivity contribution < 1.29 is 9.84 Å². The summed E-state index contributed by atoms with van der Waals surface area (Å²) in [4.78, 5) is 2.39. The Balaban J connectivity index is 1.74. The van der Waals surface area contributed by atoms with Crippen LogP contribution in [0.2, 0.25) is 0 Å². The SMILES string of the molecule is C=CCc1ccc(OC2CCCC2)c(-c2cc(CC=C)cc(CN3CCC(N)CC3)c2O)c1. The van der Waals surface area contributed by atoms with Crippen LogP contribution < -0.4 is 10.5 Å². The molecule has 1 aliphatic carbocycles. The van der Waals surface area contributed by atoms with E-state index in [1.807, 2.05) is 12.2 Å². The van der Waals surface area contributed by atoms with Crippen molar-refractivity contribution in [3.8, 4) is 22.6 Å². The van der Waals surface area contributed by atoms with Gasteiger partial charge in [0.05, 0.1) is 6.10 Å². The summed E-state index contributed by atoms with van der Waals surface area (Å²) in [5.74, 6) is 1.21. The van der Waals surface area contributed by atoms with Crippen LogP contribution in [0.4, 0.5) is 0 Å². The van der Waals surface area contributed by atoms with Gasteiger partial charge in [-0.3, -0.25) is 4.90 Å². The van der Waals surface area contributed by atoms with Gasteiger partial charge in [0, 0.05) is 29.3 Å². The van der Waals surface area contributed by atoms with Gasteiger partial charge in [-0.15, -0.1) is 13.2 Å². The quantitative estimate of drug-likeness (QED) is 0.481.